The zero-order chi connectivity index (χ0) is 20.6. The molecule has 1 aromatic carbocycles. The van der Waals surface area contributed by atoms with Gasteiger partial charge in [0.25, 0.3) is 5.91 Å². The maximum Gasteiger partial charge on any atom is 0.325 e. The number of nitrogens with zero attached hydrogens (tertiary/aromatic N) is 2. The molecule has 2 heterocycles. The zero-order valence-corrected chi connectivity index (χ0v) is 17.0. The first-order chi connectivity index (χ1) is 14.0. The third kappa shape index (κ3) is 3.41. The molecule has 0 unspecified atom stereocenters. The number of rotatable bonds is 5. The average molecular weight is 401 g/mol. The van der Waals surface area contributed by atoms with Crippen molar-refractivity contribution in [2.24, 2.45) is 0 Å². The summed E-state index contributed by atoms with van der Waals surface area (Å²) in [5.41, 5.74) is 1.45. The largest absolute Gasteiger partial charge is 0.493 e. The van der Waals surface area contributed by atoms with Crippen molar-refractivity contribution in [1.29, 1.82) is 0 Å². The summed E-state index contributed by atoms with van der Waals surface area (Å²) in [6, 6.07) is 3.50. The lowest BCUT2D eigenvalue weighted by Crippen LogP contribution is -2.44. The van der Waals surface area contributed by atoms with Crippen LogP contribution in [0, 0.1) is 0 Å². The van der Waals surface area contributed by atoms with Gasteiger partial charge in [-0.1, -0.05) is 12.8 Å². The number of hydrogen-bond acceptors (Lipinski definition) is 5. The van der Waals surface area contributed by atoms with E-state index >= 15 is 0 Å². The molecule has 1 spiro atoms. The highest BCUT2D eigenvalue weighted by Crippen LogP contribution is 2.35. The van der Waals surface area contributed by atoms with Crippen molar-refractivity contribution in [3.05, 3.63) is 23.3 Å². The van der Waals surface area contributed by atoms with Crippen LogP contribution in [0.25, 0.3) is 0 Å². The smallest absolute Gasteiger partial charge is 0.325 e. The van der Waals surface area contributed by atoms with Gasteiger partial charge in [0.05, 0.1) is 14.2 Å². The van der Waals surface area contributed by atoms with Gasteiger partial charge in [-0.3, -0.25) is 14.5 Å². The van der Waals surface area contributed by atoms with Gasteiger partial charge < -0.3 is 19.7 Å². The summed E-state index contributed by atoms with van der Waals surface area (Å²) in [6.45, 7) is 1.21. The molecule has 4 amide bonds. The number of nitrogens with one attached hydrogen (secondary N) is 1. The van der Waals surface area contributed by atoms with Crippen LogP contribution in [-0.4, -0.2) is 60.5 Å². The molecule has 8 heteroatoms. The number of urea groups is 1. The third-order valence-corrected chi connectivity index (χ3v) is 6.32. The molecule has 0 bridgehead atoms. The standard InChI is InChI=1S/C21H27N3O5/c1-28-16-11-14-5-9-23(13-15(14)12-17(16)29-2)18(25)6-10-24-19(26)21(22-20(24)27)7-3-4-8-21/h11-12H,3-10,13H2,1-2H3,(H,22,27). The minimum Gasteiger partial charge on any atom is -0.493 e. The van der Waals surface area contributed by atoms with Gasteiger partial charge in [-0.05, 0) is 42.5 Å². The van der Waals surface area contributed by atoms with Crippen LogP contribution in [0.15, 0.2) is 12.1 Å². The van der Waals surface area contributed by atoms with Crippen LogP contribution >= 0.6 is 0 Å². The van der Waals surface area contributed by atoms with Gasteiger partial charge in [0, 0.05) is 26.1 Å². The number of carbonyl (C=O) groups is 3. The highest BCUT2D eigenvalue weighted by atomic mass is 16.5. The van der Waals surface area contributed by atoms with Crippen molar-refractivity contribution in [3.63, 3.8) is 0 Å². The van der Waals surface area contributed by atoms with E-state index in [9.17, 15) is 14.4 Å². The Morgan fingerprint density at radius 3 is 2.41 bits per heavy atom. The highest BCUT2D eigenvalue weighted by molar-refractivity contribution is 6.07. The summed E-state index contributed by atoms with van der Waals surface area (Å²) in [5, 5.41) is 2.86. The molecule has 2 aliphatic heterocycles. The number of amides is 4. The van der Waals surface area contributed by atoms with Gasteiger partial charge in [0.2, 0.25) is 5.91 Å². The van der Waals surface area contributed by atoms with Crippen LogP contribution in [0.3, 0.4) is 0 Å². The van der Waals surface area contributed by atoms with Crippen molar-refractivity contribution in [1.82, 2.24) is 15.1 Å². The summed E-state index contributed by atoms with van der Waals surface area (Å²) in [4.78, 5) is 40.7. The fraction of sp³-hybridized carbons (Fsp3) is 0.571. The number of hydrogen-bond donors (Lipinski definition) is 1. The van der Waals surface area contributed by atoms with E-state index in [0.717, 1.165) is 30.4 Å². The molecule has 1 N–H and O–H groups in total. The third-order valence-electron chi connectivity index (χ3n) is 6.32. The second-order valence-corrected chi connectivity index (χ2v) is 7.97. The van der Waals surface area contributed by atoms with E-state index in [2.05, 4.69) is 5.32 Å². The molecule has 1 aromatic rings. The molecule has 156 valence electrons. The highest BCUT2D eigenvalue weighted by Gasteiger charge is 2.52. The van der Waals surface area contributed by atoms with E-state index in [4.69, 9.17) is 9.47 Å². The SMILES string of the molecule is COc1cc2c(cc1OC)CN(C(=O)CCN1C(=O)NC3(CCCC3)C1=O)CC2. The molecule has 1 saturated carbocycles. The van der Waals surface area contributed by atoms with Crippen LogP contribution in [0.1, 0.15) is 43.2 Å². The fourth-order valence-electron chi connectivity index (χ4n) is 4.66. The predicted molar refractivity (Wildman–Crippen MR) is 105 cm³/mol. The van der Waals surface area contributed by atoms with Crippen LogP contribution in [0.2, 0.25) is 0 Å². The number of methoxy groups -OCH3 is 2. The molecule has 3 aliphatic rings. The van der Waals surface area contributed by atoms with Crippen molar-refractivity contribution < 1.29 is 23.9 Å². The lowest BCUT2D eigenvalue weighted by molar-refractivity contribution is -0.134. The number of ether oxygens (including phenoxy) is 2. The average Bonchev–Trinajstić information content (AvgIpc) is 3.29. The Balaban J connectivity index is 1.39. The van der Waals surface area contributed by atoms with E-state index in [1.807, 2.05) is 12.1 Å². The maximum absolute atomic E-state index is 12.8. The first-order valence-electron chi connectivity index (χ1n) is 10.1. The van der Waals surface area contributed by atoms with Gasteiger partial charge in [-0.15, -0.1) is 0 Å². The summed E-state index contributed by atoms with van der Waals surface area (Å²) in [5.74, 6) is 1.10. The Labute approximate surface area is 170 Å². The van der Waals surface area contributed by atoms with Crippen molar-refractivity contribution in [2.75, 3.05) is 27.3 Å². The van der Waals surface area contributed by atoms with Crippen LogP contribution in [0.4, 0.5) is 4.79 Å². The van der Waals surface area contributed by atoms with Crippen molar-refractivity contribution in [2.45, 2.75) is 50.6 Å². The first-order valence-corrected chi connectivity index (χ1v) is 10.1. The van der Waals surface area contributed by atoms with Crippen LogP contribution < -0.4 is 14.8 Å². The second-order valence-electron chi connectivity index (χ2n) is 7.97. The Morgan fingerprint density at radius 2 is 1.76 bits per heavy atom. The Bertz CT molecular complexity index is 847. The molecule has 0 radical (unpaired) electrons. The summed E-state index contributed by atoms with van der Waals surface area (Å²) >= 11 is 0. The number of carbonyl (C=O) groups excluding carboxylic acids is 3. The monoisotopic (exact) mass is 401 g/mol. The molecule has 4 rings (SSSR count). The summed E-state index contributed by atoms with van der Waals surface area (Å²) in [7, 11) is 3.19. The maximum atomic E-state index is 12.8. The Hall–Kier alpha value is -2.77. The van der Waals surface area contributed by atoms with E-state index in [-0.39, 0.29) is 30.8 Å². The number of benzene rings is 1. The minimum atomic E-state index is -0.722. The zero-order valence-electron chi connectivity index (χ0n) is 17.0. The van der Waals surface area contributed by atoms with E-state index in [0.29, 0.717) is 37.4 Å². The normalized spacial score (nSPS) is 20.1. The molecular formula is C21H27N3O5. The van der Waals surface area contributed by atoms with Crippen molar-refractivity contribution in [3.8, 4) is 11.5 Å². The lowest BCUT2D eigenvalue weighted by atomic mass is 9.98. The molecule has 29 heavy (non-hydrogen) atoms. The van der Waals surface area contributed by atoms with E-state index in [1.54, 1.807) is 19.1 Å². The van der Waals surface area contributed by atoms with Gasteiger partial charge in [-0.2, -0.15) is 0 Å². The minimum absolute atomic E-state index is 0.0570. The predicted octanol–water partition coefficient (Wildman–Crippen LogP) is 1.84. The second kappa shape index (κ2) is 7.57. The number of fused-ring (bicyclic) bond motifs is 1. The van der Waals surface area contributed by atoms with Gasteiger partial charge >= 0.3 is 6.03 Å². The Kier molecular flexibility index (Phi) is 5.10. The van der Waals surface area contributed by atoms with Crippen LogP contribution in [-0.2, 0) is 22.6 Å². The fourth-order valence-corrected chi connectivity index (χ4v) is 4.66. The summed E-state index contributed by atoms with van der Waals surface area (Å²) in [6.07, 6.45) is 4.14. The molecule has 1 saturated heterocycles. The van der Waals surface area contributed by atoms with Gasteiger partial charge in [0.1, 0.15) is 5.54 Å². The topological polar surface area (TPSA) is 88.2 Å². The lowest BCUT2D eigenvalue weighted by Gasteiger charge is -2.30. The van der Waals surface area contributed by atoms with E-state index < -0.39 is 5.54 Å². The quantitative estimate of drug-likeness (QED) is 0.761. The number of imide groups is 1. The van der Waals surface area contributed by atoms with Crippen molar-refractivity contribution >= 4 is 17.8 Å². The molecule has 2 fully saturated rings. The Morgan fingerprint density at radius 1 is 1.10 bits per heavy atom. The van der Waals surface area contributed by atoms with Gasteiger partial charge in [0.15, 0.2) is 11.5 Å². The molecule has 0 aromatic heterocycles. The molecule has 0 atom stereocenters. The summed E-state index contributed by atoms with van der Waals surface area (Å²) < 4.78 is 10.7. The molecule has 8 nitrogen and oxygen atoms in total. The van der Waals surface area contributed by atoms with Gasteiger partial charge in [-0.25, -0.2) is 4.79 Å². The van der Waals surface area contributed by atoms with E-state index in [1.165, 1.54) is 4.90 Å². The molecule has 1 aliphatic carbocycles. The first kappa shape index (κ1) is 19.5. The van der Waals surface area contributed by atoms with Crippen LogP contribution in [0.5, 0.6) is 11.5 Å². The molecular weight excluding hydrogens is 374 g/mol.